The van der Waals surface area contributed by atoms with Gasteiger partial charge >= 0.3 is 0 Å². The molecule has 0 radical (unpaired) electrons. The number of thioether (sulfide) groups is 1. The van der Waals surface area contributed by atoms with Crippen molar-refractivity contribution < 1.29 is 18.5 Å². The minimum Gasteiger partial charge on any atom is -0.414 e. The van der Waals surface area contributed by atoms with Gasteiger partial charge < -0.3 is 19.0 Å². The molecule has 1 N–H and O–H groups in total. The Morgan fingerprint density at radius 1 is 0.846 bits per heavy atom. The number of hydrogen-bond acceptors (Lipinski definition) is 7. The summed E-state index contributed by atoms with van der Waals surface area (Å²) in [6, 6.07) is 1.55. The van der Waals surface area contributed by atoms with Crippen LogP contribution in [-0.4, -0.2) is 84.8 Å². The zero-order valence-corrected chi connectivity index (χ0v) is 30.9. The van der Waals surface area contributed by atoms with Gasteiger partial charge in [-0.2, -0.15) is 0 Å². The molecule has 7 nitrogen and oxygen atoms in total. The van der Waals surface area contributed by atoms with Gasteiger partial charge in [0.05, 0.1) is 32.0 Å². The normalized spacial score (nSPS) is 13.8. The summed E-state index contributed by atoms with van der Waals surface area (Å²) in [5.41, 5.74) is -0.330. The lowest BCUT2D eigenvalue weighted by Crippen LogP contribution is -2.53. The quantitative estimate of drug-likeness (QED) is 0.0895. The van der Waals surface area contributed by atoms with Gasteiger partial charge in [0.15, 0.2) is 16.8 Å². The molecular formula is C29H64N3O4PSSi. The number of rotatable bonds is 19. The molecule has 0 spiro atoms. The second-order valence-corrected chi connectivity index (χ2v) is 20.7. The van der Waals surface area contributed by atoms with Crippen LogP contribution in [0.25, 0.3) is 0 Å². The molecule has 0 saturated heterocycles. The predicted octanol–water partition coefficient (Wildman–Crippen LogP) is 8.51. The summed E-state index contributed by atoms with van der Waals surface area (Å²) >= 11 is 1.29. The summed E-state index contributed by atoms with van der Waals surface area (Å²) in [5, 5.41) is 3.41. The first-order chi connectivity index (χ1) is 17.9. The van der Waals surface area contributed by atoms with Crippen LogP contribution in [0.15, 0.2) is 0 Å². The van der Waals surface area contributed by atoms with Crippen LogP contribution in [0.1, 0.15) is 103 Å². The molecule has 39 heavy (non-hydrogen) atoms. The number of ether oxygens (including phenoxy) is 1. The van der Waals surface area contributed by atoms with Gasteiger partial charge in [-0.05, 0) is 86.4 Å². The van der Waals surface area contributed by atoms with E-state index in [0.29, 0.717) is 56.3 Å². The van der Waals surface area contributed by atoms with Gasteiger partial charge in [0, 0.05) is 29.9 Å². The van der Waals surface area contributed by atoms with E-state index in [1.165, 1.54) is 11.8 Å². The van der Waals surface area contributed by atoms with Crippen LogP contribution >= 0.6 is 20.2 Å². The molecule has 0 aliphatic rings. The Balaban J connectivity index is 4.81. The van der Waals surface area contributed by atoms with Gasteiger partial charge in [-0.3, -0.25) is 4.79 Å². The summed E-state index contributed by atoms with van der Waals surface area (Å²) in [6.45, 7) is 35.5. The maximum absolute atomic E-state index is 12.8. The summed E-state index contributed by atoms with van der Waals surface area (Å²) in [6.07, 6.45) is 1.68. The highest BCUT2D eigenvalue weighted by Crippen LogP contribution is 2.50. The van der Waals surface area contributed by atoms with Crippen molar-refractivity contribution in [3.05, 3.63) is 0 Å². The zero-order chi connectivity index (χ0) is 30.6. The molecular weight excluding hydrogens is 545 g/mol. The number of hydrogen-bond donors (Lipinski definition) is 1. The van der Waals surface area contributed by atoms with Crippen molar-refractivity contribution in [2.24, 2.45) is 0 Å². The highest BCUT2D eigenvalue weighted by molar-refractivity contribution is 8.13. The van der Waals surface area contributed by atoms with E-state index in [2.05, 4.69) is 118 Å². The summed E-state index contributed by atoms with van der Waals surface area (Å²) in [7, 11) is -2.80. The van der Waals surface area contributed by atoms with E-state index in [4.69, 9.17) is 13.7 Å². The Hall–Kier alpha value is 0.267. The Bertz CT molecular complexity index is 650. The van der Waals surface area contributed by atoms with Crippen LogP contribution in [-0.2, 0) is 13.7 Å². The molecule has 0 aromatic carbocycles. The standard InChI is InChI=1S/C29H64N3O4PSSi/c1-16-29(17-2,22-36-39(14,15)28(11,12)13)30-27(33)38-21-20-34-18-19-35-37(31(23(3)4)24(5)6)32(25(7)8)26(9)10/h23-26H,16-22H2,1-15H3,(H,30,33). The summed E-state index contributed by atoms with van der Waals surface area (Å²) < 4.78 is 23.8. The second-order valence-electron chi connectivity index (χ2n) is 13.1. The molecule has 0 aliphatic carbocycles. The van der Waals surface area contributed by atoms with E-state index in [1.54, 1.807) is 0 Å². The third kappa shape index (κ3) is 13.4. The Morgan fingerprint density at radius 3 is 1.69 bits per heavy atom. The van der Waals surface area contributed by atoms with Crippen LogP contribution in [0.4, 0.5) is 4.79 Å². The van der Waals surface area contributed by atoms with E-state index < -0.39 is 16.8 Å². The van der Waals surface area contributed by atoms with Crippen molar-refractivity contribution in [2.75, 3.05) is 32.2 Å². The van der Waals surface area contributed by atoms with Gasteiger partial charge in [-0.25, -0.2) is 9.34 Å². The Labute approximate surface area is 249 Å². The van der Waals surface area contributed by atoms with Gasteiger partial charge in [0.25, 0.3) is 5.24 Å². The summed E-state index contributed by atoms with van der Waals surface area (Å²) in [4.78, 5) is 12.8. The molecule has 0 heterocycles. The second kappa shape index (κ2) is 18.0. The van der Waals surface area contributed by atoms with Crippen molar-refractivity contribution in [1.82, 2.24) is 14.7 Å². The number of nitrogens with zero attached hydrogens (tertiary/aromatic N) is 2. The molecule has 0 atom stereocenters. The number of carbonyl (C=O) groups excluding carboxylic acids is 1. The van der Waals surface area contributed by atoms with E-state index in [-0.39, 0.29) is 15.8 Å². The molecule has 0 aromatic heterocycles. The molecule has 0 fully saturated rings. The predicted molar refractivity (Wildman–Crippen MR) is 175 cm³/mol. The smallest absolute Gasteiger partial charge is 0.279 e. The van der Waals surface area contributed by atoms with Crippen LogP contribution < -0.4 is 5.32 Å². The molecule has 1 amide bonds. The van der Waals surface area contributed by atoms with E-state index in [1.807, 2.05) is 0 Å². The first-order valence-corrected chi connectivity index (χ1v) is 20.1. The van der Waals surface area contributed by atoms with Crippen molar-refractivity contribution in [2.45, 2.75) is 151 Å². The molecule has 0 saturated carbocycles. The molecule has 0 unspecified atom stereocenters. The van der Waals surface area contributed by atoms with Gasteiger partial charge in [0.1, 0.15) is 0 Å². The highest BCUT2D eigenvalue weighted by Gasteiger charge is 2.40. The molecule has 0 aromatic rings. The molecule has 0 rings (SSSR count). The number of carbonyl (C=O) groups is 1. The minimum absolute atomic E-state index is 0.00470. The van der Waals surface area contributed by atoms with Crippen LogP contribution in [0, 0.1) is 0 Å². The maximum Gasteiger partial charge on any atom is 0.279 e. The maximum atomic E-state index is 12.8. The van der Waals surface area contributed by atoms with Gasteiger partial charge in [-0.15, -0.1) is 0 Å². The van der Waals surface area contributed by atoms with E-state index in [9.17, 15) is 4.79 Å². The molecule has 0 aliphatic heterocycles. The minimum atomic E-state index is -1.89. The largest absolute Gasteiger partial charge is 0.414 e. The molecule has 0 bridgehead atoms. The number of nitrogens with one attached hydrogen (secondary N) is 1. The number of amides is 1. The Kier molecular flexibility index (Phi) is 18.2. The first-order valence-electron chi connectivity index (χ1n) is 15.0. The molecule has 10 heteroatoms. The molecule has 234 valence electrons. The fourth-order valence-electron chi connectivity index (χ4n) is 4.16. The zero-order valence-electron chi connectivity index (χ0n) is 28.1. The van der Waals surface area contributed by atoms with Gasteiger partial charge in [-0.1, -0.05) is 46.4 Å². The third-order valence-corrected chi connectivity index (χ3v) is 15.9. The summed E-state index contributed by atoms with van der Waals surface area (Å²) in [5.74, 6) is 0.613. The highest BCUT2D eigenvalue weighted by atomic mass is 32.2. The average molecular weight is 610 g/mol. The van der Waals surface area contributed by atoms with Crippen molar-refractivity contribution in [1.29, 1.82) is 0 Å². The monoisotopic (exact) mass is 609 g/mol. The van der Waals surface area contributed by atoms with E-state index >= 15 is 0 Å². The topological polar surface area (TPSA) is 63.3 Å². The van der Waals surface area contributed by atoms with Crippen molar-refractivity contribution in [3.8, 4) is 0 Å². The van der Waals surface area contributed by atoms with Crippen molar-refractivity contribution in [3.63, 3.8) is 0 Å². The van der Waals surface area contributed by atoms with Gasteiger partial charge in [0.2, 0.25) is 0 Å². The average Bonchev–Trinajstić information content (AvgIpc) is 2.79. The van der Waals surface area contributed by atoms with Crippen LogP contribution in [0.3, 0.4) is 0 Å². The lowest BCUT2D eigenvalue weighted by molar-refractivity contribution is 0.101. The Morgan fingerprint density at radius 2 is 1.31 bits per heavy atom. The van der Waals surface area contributed by atoms with E-state index in [0.717, 1.165) is 12.8 Å². The fourth-order valence-corrected chi connectivity index (χ4v) is 8.23. The van der Waals surface area contributed by atoms with Crippen LogP contribution in [0.5, 0.6) is 0 Å². The van der Waals surface area contributed by atoms with Crippen molar-refractivity contribution >= 4 is 33.8 Å². The lowest BCUT2D eigenvalue weighted by Gasteiger charge is -2.45. The fraction of sp³-hybridized carbons (Fsp3) is 0.966. The third-order valence-electron chi connectivity index (χ3n) is 7.64. The first kappa shape index (κ1) is 39.3. The SMILES string of the molecule is CCC(CC)(CO[Si](C)(C)C(C)(C)C)NC(=O)SCCOCCOP(N(C(C)C)C(C)C)N(C(C)C)C(C)C. The van der Waals surface area contributed by atoms with Crippen LogP contribution in [0.2, 0.25) is 18.1 Å². The lowest BCUT2D eigenvalue weighted by atomic mass is 9.94.